The fraction of sp³-hybridized carbons (Fsp3) is 0.471. The van der Waals surface area contributed by atoms with Gasteiger partial charge in [-0.1, -0.05) is 18.4 Å². The van der Waals surface area contributed by atoms with E-state index in [1.54, 1.807) is 0 Å². The van der Waals surface area contributed by atoms with Gasteiger partial charge in [-0.2, -0.15) is 0 Å². The van der Waals surface area contributed by atoms with Gasteiger partial charge in [0.1, 0.15) is 0 Å². The van der Waals surface area contributed by atoms with Crippen LogP contribution in [-0.4, -0.2) is 29.9 Å². The summed E-state index contributed by atoms with van der Waals surface area (Å²) in [5.41, 5.74) is 3.28. The van der Waals surface area contributed by atoms with Crippen LogP contribution in [-0.2, 0) is 4.79 Å². The monoisotopic (exact) mass is 270 g/mol. The molecule has 1 fully saturated rings. The molecule has 0 bridgehead atoms. The summed E-state index contributed by atoms with van der Waals surface area (Å²) in [5.74, 6) is 2.71. The number of carbonyl (C=O) groups is 1. The summed E-state index contributed by atoms with van der Waals surface area (Å²) in [6.45, 7) is 5.58. The lowest BCUT2D eigenvalue weighted by Gasteiger charge is -2.33. The molecule has 3 nitrogen and oxygen atoms in total. The first-order valence-electron chi connectivity index (χ1n) is 7.17. The third-order valence-corrected chi connectivity index (χ3v) is 3.99. The van der Waals surface area contributed by atoms with Gasteiger partial charge in [-0.05, 0) is 56.5 Å². The first-order chi connectivity index (χ1) is 9.61. The number of anilines is 1. The van der Waals surface area contributed by atoms with E-state index in [2.05, 4.69) is 30.0 Å². The fourth-order valence-electron chi connectivity index (χ4n) is 2.64. The number of aryl methyl sites for hydroxylation is 2. The van der Waals surface area contributed by atoms with E-state index in [4.69, 9.17) is 6.42 Å². The number of hydrogen-bond acceptors (Lipinski definition) is 2. The van der Waals surface area contributed by atoms with Gasteiger partial charge in [0.2, 0.25) is 5.91 Å². The molecule has 1 N–H and O–H groups in total. The van der Waals surface area contributed by atoms with Gasteiger partial charge in [0.05, 0.1) is 12.6 Å². The van der Waals surface area contributed by atoms with E-state index < -0.39 is 0 Å². The number of rotatable bonds is 3. The van der Waals surface area contributed by atoms with Crippen LogP contribution in [0.25, 0.3) is 0 Å². The number of nitrogens with zero attached hydrogens (tertiary/aromatic N) is 1. The topological polar surface area (TPSA) is 32.3 Å². The van der Waals surface area contributed by atoms with Crippen LogP contribution in [0.3, 0.4) is 0 Å². The summed E-state index contributed by atoms with van der Waals surface area (Å²) in [6, 6.07) is 5.91. The third kappa shape index (κ3) is 3.40. The predicted octanol–water partition coefficient (Wildman–Crippen LogP) is 2.73. The molecule has 20 heavy (non-hydrogen) atoms. The first kappa shape index (κ1) is 14.6. The van der Waals surface area contributed by atoms with Crippen molar-refractivity contribution in [3.05, 3.63) is 29.3 Å². The molecule has 1 heterocycles. The van der Waals surface area contributed by atoms with Crippen molar-refractivity contribution in [2.75, 3.05) is 18.4 Å². The van der Waals surface area contributed by atoms with Crippen LogP contribution in [0.15, 0.2) is 18.2 Å². The zero-order valence-electron chi connectivity index (χ0n) is 12.3. The zero-order valence-corrected chi connectivity index (χ0v) is 12.3. The van der Waals surface area contributed by atoms with E-state index >= 15 is 0 Å². The van der Waals surface area contributed by atoms with Crippen LogP contribution in [0.2, 0.25) is 0 Å². The second-order valence-corrected chi connectivity index (χ2v) is 5.47. The Morgan fingerprint density at radius 2 is 2.20 bits per heavy atom. The second-order valence-electron chi connectivity index (χ2n) is 5.47. The summed E-state index contributed by atoms with van der Waals surface area (Å²) in [6.07, 6.45) is 8.48. The summed E-state index contributed by atoms with van der Waals surface area (Å²) >= 11 is 0. The molecule has 0 radical (unpaired) electrons. The second kappa shape index (κ2) is 6.58. The predicted molar refractivity (Wildman–Crippen MR) is 82.6 cm³/mol. The van der Waals surface area contributed by atoms with Crippen LogP contribution in [0.5, 0.6) is 0 Å². The minimum Gasteiger partial charge on any atom is -0.325 e. The maximum absolute atomic E-state index is 12.4. The van der Waals surface area contributed by atoms with Crippen LogP contribution in [0, 0.1) is 26.2 Å². The van der Waals surface area contributed by atoms with Crippen molar-refractivity contribution in [2.24, 2.45) is 0 Å². The molecule has 0 saturated carbocycles. The number of carbonyl (C=O) groups excluding carboxylic acids is 1. The van der Waals surface area contributed by atoms with Crippen LogP contribution in [0.1, 0.15) is 30.4 Å². The molecule has 1 amide bonds. The normalized spacial score (nSPS) is 19.4. The van der Waals surface area contributed by atoms with Crippen molar-refractivity contribution in [2.45, 2.75) is 39.2 Å². The van der Waals surface area contributed by atoms with E-state index in [-0.39, 0.29) is 11.9 Å². The van der Waals surface area contributed by atoms with Crippen LogP contribution >= 0.6 is 0 Å². The molecule has 2 rings (SSSR count). The Morgan fingerprint density at radius 1 is 1.40 bits per heavy atom. The van der Waals surface area contributed by atoms with E-state index in [1.165, 1.54) is 11.1 Å². The van der Waals surface area contributed by atoms with Gasteiger partial charge in [0.25, 0.3) is 0 Å². The van der Waals surface area contributed by atoms with Gasteiger partial charge in [-0.15, -0.1) is 6.42 Å². The van der Waals surface area contributed by atoms with Gasteiger partial charge in [-0.3, -0.25) is 9.69 Å². The molecule has 0 aliphatic carbocycles. The highest BCUT2D eigenvalue weighted by molar-refractivity contribution is 5.95. The van der Waals surface area contributed by atoms with Crippen molar-refractivity contribution < 1.29 is 4.79 Å². The van der Waals surface area contributed by atoms with Crippen molar-refractivity contribution in [3.8, 4) is 12.3 Å². The average molecular weight is 270 g/mol. The molecular weight excluding hydrogens is 248 g/mol. The highest BCUT2D eigenvalue weighted by atomic mass is 16.2. The van der Waals surface area contributed by atoms with Crippen LogP contribution < -0.4 is 5.32 Å². The average Bonchev–Trinajstić information content (AvgIpc) is 2.44. The number of piperidine rings is 1. The molecule has 1 saturated heterocycles. The molecule has 1 atom stereocenters. The van der Waals surface area contributed by atoms with Crippen LogP contribution in [0.4, 0.5) is 5.69 Å². The van der Waals surface area contributed by atoms with Crippen molar-refractivity contribution in [3.63, 3.8) is 0 Å². The van der Waals surface area contributed by atoms with Crippen molar-refractivity contribution in [1.29, 1.82) is 0 Å². The molecule has 1 aromatic rings. The summed E-state index contributed by atoms with van der Waals surface area (Å²) < 4.78 is 0. The quantitative estimate of drug-likeness (QED) is 0.857. The van der Waals surface area contributed by atoms with Crippen molar-refractivity contribution >= 4 is 11.6 Å². The first-order valence-corrected chi connectivity index (χ1v) is 7.17. The number of benzene rings is 1. The lowest BCUT2D eigenvalue weighted by atomic mass is 10.0. The van der Waals surface area contributed by atoms with E-state index in [1.807, 2.05) is 18.2 Å². The lowest BCUT2D eigenvalue weighted by Crippen LogP contribution is -2.47. The summed E-state index contributed by atoms with van der Waals surface area (Å²) in [7, 11) is 0. The molecule has 1 aromatic carbocycles. The number of terminal acetylenes is 1. The highest BCUT2D eigenvalue weighted by Gasteiger charge is 2.27. The molecule has 3 heteroatoms. The summed E-state index contributed by atoms with van der Waals surface area (Å²) in [4.78, 5) is 14.5. The Morgan fingerprint density at radius 3 is 2.90 bits per heavy atom. The largest absolute Gasteiger partial charge is 0.325 e. The van der Waals surface area contributed by atoms with Gasteiger partial charge < -0.3 is 5.32 Å². The Kier molecular flexibility index (Phi) is 4.81. The standard InChI is InChI=1S/C17H22N2O/c1-4-10-19-11-6-5-7-16(19)17(20)18-15-9-8-13(2)14(3)12-15/h1,8-9,12,16H,5-7,10-11H2,2-3H3,(H,18,20). The number of hydrogen-bond donors (Lipinski definition) is 1. The summed E-state index contributed by atoms with van der Waals surface area (Å²) in [5, 5.41) is 3.02. The number of amides is 1. The maximum atomic E-state index is 12.4. The number of likely N-dealkylation sites (tertiary alicyclic amines) is 1. The minimum atomic E-state index is -0.0959. The van der Waals surface area contributed by atoms with Gasteiger partial charge >= 0.3 is 0 Å². The molecule has 1 unspecified atom stereocenters. The molecule has 0 aromatic heterocycles. The SMILES string of the molecule is C#CCN1CCCCC1C(=O)Nc1ccc(C)c(C)c1. The Labute approximate surface area is 121 Å². The molecule has 1 aliphatic heterocycles. The van der Waals surface area contributed by atoms with Gasteiger partial charge in [0, 0.05) is 5.69 Å². The smallest absolute Gasteiger partial charge is 0.241 e. The van der Waals surface area contributed by atoms with Gasteiger partial charge in [-0.25, -0.2) is 0 Å². The number of nitrogens with one attached hydrogen (secondary N) is 1. The van der Waals surface area contributed by atoms with E-state index in [0.717, 1.165) is 31.5 Å². The molecule has 1 aliphatic rings. The minimum absolute atomic E-state index is 0.0585. The third-order valence-electron chi connectivity index (χ3n) is 3.99. The fourth-order valence-corrected chi connectivity index (χ4v) is 2.64. The lowest BCUT2D eigenvalue weighted by molar-refractivity contribution is -0.122. The molecule has 0 spiro atoms. The Balaban J connectivity index is 2.06. The van der Waals surface area contributed by atoms with E-state index in [9.17, 15) is 4.79 Å². The van der Waals surface area contributed by atoms with Crippen molar-refractivity contribution in [1.82, 2.24) is 4.90 Å². The molecular formula is C17H22N2O. The Hall–Kier alpha value is -1.79. The van der Waals surface area contributed by atoms with E-state index in [0.29, 0.717) is 6.54 Å². The highest BCUT2D eigenvalue weighted by Crippen LogP contribution is 2.19. The molecule has 106 valence electrons. The zero-order chi connectivity index (χ0) is 14.5. The van der Waals surface area contributed by atoms with Gasteiger partial charge in [0.15, 0.2) is 0 Å². The maximum Gasteiger partial charge on any atom is 0.241 e. The Bertz CT molecular complexity index is 530.